The summed E-state index contributed by atoms with van der Waals surface area (Å²) in [5.41, 5.74) is 6.34. The van der Waals surface area contributed by atoms with Crippen LogP contribution < -0.4 is 15.8 Å². The van der Waals surface area contributed by atoms with Crippen molar-refractivity contribution in [1.29, 1.82) is 5.41 Å². The number of ether oxygens (including phenoxy) is 1. The Morgan fingerprint density at radius 3 is 2.61 bits per heavy atom. The van der Waals surface area contributed by atoms with E-state index < -0.39 is 11.6 Å². The first-order chi connectivity index (χ1) is 15.8. The molecular formula is C24H24F2N4O3. The molecule has 0 aliphatic carbocycles. The quantitative estimate of drug-likeness (QED) is 0.322. The largest absolute Gasteiger partial charge is 0.454 e. The highest BCUT2D eigenvalue weighted by Crippen LogP contribution is 2.25. The van der Waals surface area contributed by atoms with Gasteiger partial charge in [0.05, 0.1) is 11.3 Å². The van der Waals surface area contributed by atoms with Crippen LogP contribution >= 0.6 is 0 Å². The van der Waals surface area contributed by atoms with Crippen LogP contribution in [0.4, 0.5) is 8.78 Å². The lowest BCUT2D eigenvalue weighted by atomic mass is 10.0. The molecule has 1 atom stereocenters. The van der Waals surface area contributed by atoms with Gasteiger partial charge in [0, 0.05) is 30.8 Å². The number of allylic oxidation sites excluding steroid dienone is 1. The average Bonchev–Trinajstić information content (AvgIpc) is 2.81. The third-order valence-corrected chi connectivity index (χ3v) is 5.21. The van der Waals surface area contributed by atoms with Gasteiger partial charge in [-0.25, -0.2) is 8.78 Å². The van der Waals surface area contributed by atoms with Crippen LogP contribution in [0, 0.1) is 17.0 Å². The number of carbonyl (C=O) groups excluding carboxylic acids is 2. The number of amides is 1. The molecule has 172 valence electrons. The van der Waals surface area contributed by atoms with Gasteiger partial charge < -0.3 is 20.7 Å². The third kappa shape index (κ3) is 5.82. The minimum absolute atomic E-state index is 0.0274. The van der Waals surface area contributed by atoms with Gasteiger partial charge in [-0.15, -0.1) is 0 Å². The second kappa shape index (κ2) is 10.5. The van der Waals surface area contributed by atoms with Crippen molar-refractivity contribution >= 4 is 17.9 Å². The van der Waals surface area contributed by atoms with Gasteiger partial charge in [0.15, 0.2) is 17.9 Å². The van der Waals surface area contributed by atoms with Crippen LogP contribution in [-0.4, -0.2) is 41.9 Å². The minimum atomic E-state index is -0.840. The Bertz CT molecular complexity index is 1100. The average molecular weight is 454 g/mol. The number of nitrogens with one attached hydrogen (secondary N) is 2. The fourth-order valence-electron chi connectivity index (χ4n) is 3.51. The third-order valence-electron chi connectivity index (χ3n) is 5.21. The molecule has 0 unspecified atom stereocenters. The van der Waals surface area contributed by atoms with Crippen LogP contribution in [0.25, 0.3) is 0 Å². The number of piperidine rings is 1. The molecule has 2 aromatic rings. The lowest BCUT2D eigenvalue weighted by Crippen LogP contribution is -2.48. The summed E-state index contributed by atoms with van der Waals surface area (Å²) >= 11 is 0. The number of hydrogen-bond donors (Lipinski definition) is 3. The molecule has 1 aliphatic rings. The molecule has 2 aromatic carbocycles. The second-order valence-electron chi connectivity index (χ2n) is 7.49. The molecule has 3 rings (SSSR count). The number of halogens is 2. The molecule has 0 radical (unpaired) electrons. The van der Waals surface area contributed by atoms with E-state index in [9.17, 15) is 18.4 Å². The Morgan fingerprint density at radius 1 is 1.24 bits per heavy atom. The van der Waals surface area contributed by atoms with Gasteiger partial charge in [0.1, 0.15) is 17.4 Å². The van der Waals surface area contributed by atoms with Crippen LogP contribution in [-0.2, 0) is 9.59 Å². The van der Waals surface area contributed by atoms with Crippen molar-refractivity contribution in [3.8, 4) is 11.5 Å². The maximum atomic E-state index is 13.8. The van der Waals surface area contributed by atoms with E-state index in [1.807, 2.05) is 0 Å². The fraction of sp³-hybridized carbons (Fsp3) is 0.208. The van der Waals surface area contributed by atoms with Gasteiger partial charge >= 0.3 is 0 Å². The minimum Gasteiger partial charge on any atom is -0.454 e. The summed E-state index contributed by atoms with van der Waals surface area (Å²) in [4.78, 5) is 25.2. The van der Waals surface area contributed by atoms with Crippen molar-refractivity contribution < 1.29 is 23.1 Å². The van der Waals surface area contributed by atoms with Gasteiger partial charge in [-0.2, -0.15) is 0 Å². The van der Waals surface area contributed by atoms with Crippen LogP contribution in [0.1, 0.15) is 18.4 Å². The zero-order chi connectivity index (χ0) is 24.0. The smallest absolute Gasteiger partial charge is 0.246 e. The molecule has 4 N–H and O–H groups in total. The molecule has 7 nitrogen and oxygen atoms in total. The zero-order valence-corrected chi connectivity index (χ0v) is 17.8. The molecule has 0 saturated carbocycles. The van der Waals surface area contributed by atoms with Crippen molar-refractivity contribution in [2.45, 2.75) is 18.9 Å². The highest BCUT2D eigenvalue weighted by atomic mass is 19.1. The Hall–Kier alpha value is -4.01. The fourth-order valence-corrected chi connectivity index (χ4v) is 3.51. The van der Waals surface area contributed by atoms with Crippen molar-refractivity contribution in [2.75, 3.05) is 13.1 Å². The maximum absolute atomic E-state index is 13.8. The van der Waals surface area contributed by atoms with E-state index in [2.05, 4.69) is 11.9 Å². The molecule has 33 heavy (non-hydrogen) atoms. The van der Waals surface area contributed by atoms with Crippen molar-refractivity contribution in [1.82, 2.24) is 10.2 Å². The first-order valence-electron chi connectivity index (χ1n) is 10.3. The summed E-state index contributed by atoms with van der Waals surface area (Å²) in [6.07, 6.45) is 3.28. The number of hydrogen-bond acceptors (Lipinski definition) is 6. The van der Waals surface area contributed by atoms with E-state index >= 15 is 0 Å². The molecule has 1 aliphatic heterocycles. The van der Waals surface area contributed by atoms with Crippen molar-refractivity contribution in [3.05, 3.63) is 83.7 Å². The monoisotopic (exact) mass is 454 g/mol. The normalized spacial score (nSPS) is 16.4. The summed E-state index contributed by atoms with van der Waals surface area (Å²) in [6, 6.07) is 8.87. The summed E-state index contributed by atoms with van der Waals surface area (Å²) in [5, 5.41) is 11.4. The molecule has 1 saturated heterocycles. The lowest BCUT2D eigenvalue weighted by molar-refractivity contribution is -0.127. The van der Waals surface area contributed by atoms with E-state index in [0.29, 0.717) is 24.9 Å². The molecule has 1 amide bonds. The summed E-state index contributed by atoms with van der Waals surface area (Å²) in [7, 11) is 0. The number of rotatable bonds is 8. The standard InChI is InChI=1S/C24H24F2N4O3/c1-2-22(32)30-11-3-4-17(13-30)29-24(28)19(14-31)23(27)15-5-8-18(9-6-15)33-21-10-7-16(25)12-20(21)26/h2,5-10,12,14,17,27,29H,1,3-4,11,13,28H2/b24-19-,27-23?/t17-/m1/s1. The van der Waals surface area contributed by atoms with Gasteiger partial charge in [0.25, 0.3) is 0 Å². The Labute approximate surface area is 190 Å². The van der Waals surface area contributed by atoms with Crippen molar-refractivity contribution in [2.24, 2.45) is 5.73 Å². The summed E-state index contributed by atoms with van der Waals surface area (Å²) in [6.45, 7) is 4.53. The van der Waals surface area contributed by atoms with Gasteiger partial charge in [-0.3, -0.25) is 15.0 Å². The number of carbonyl (C=O) groups is 2. The van der Waals surface area contributed by atoms with Crippen LogP contribution in [0.3, 0.4) is 0 Å². The zero-order valence-electron chi connectivity index (χ0n) is 17.8. The Balaban J connectivity index is 1.71. The lowest BCUT2D eigenvalue weighted by Gasteiger charge is -2.33. The number of likely N-dealkylation sites (tertiary alicyclic amines) is 1. The highest BCUT2D eigenvalue weighted by molar-refractivity contribution is 6.22. The van der Waals surface area contributed by atoms with Crippen LogP contribution in [0.15, 0.2) is 66.5 Å². The second-order valence-corrected chi connectivity index (χ2v) is 7.49. The number of nitrogens with two attached hydrogens (primary N) is 1. The van der Waals surface area contributed by atoms with Gasteiger partial charge in [-0.05, 0) is 55.3 Å². The number of aldehydes is 1. The topological polar surface area (TPSA) is 109 Å². The van der Waals surface area contributed by atoms with Gasteiger partial charge in [-0.1, -0.05) is 6.58 Å². The first kappa shape index (κ1) is 23.6. The molecule has 9 heteroatoms. The predicted octanol–water partition coefficient (Wildman–Crippen LogP) is 3.26. The molecule has 0 aromatic heterocycles. The van der Waals surface area contributed by atoms with E-state index in [1.54, 1.807) is 4.90 Å². The maximum Gasteiger partial charge on any atom is 0.246 e. The van der Waals surface area contributed by atoms with E-state index in [4.69, 9.17) is 15.9 Å². The molecule has 1 heterocycles. The molecule has 0 bridgehead atoms. The molecule has 1 fully saturated rings. The van der Waals surface area contributed by atoms with Gasteiger partial charge in [0.2, 0.25) is 5.91 Å². The highest BCUT2D eigenvalue weighted by Gasteiger charge is 2.23. The number of benzene rings is 2. The van der Waals surface area contributed by atoms with Crippen LogP contribution in [0.5, 0.6) is 11.5 Å². The first-order valence-corrected chi connectivity index (χ1v) is 10.3. The number of nitrogens with zero attached hydrogens (tertiary/aromatic N) is 1. The van der Waals surface area contributed by atoms with Crippen molar-refractivity contribution in [3.63, 3.8) is 0 Å². The van der Waals surface area contributed by atoms with E-state index in [1.165, 1.54) is 36.4 Å². The Kier molecular flexibility index (Phi) is 7.55. The predicted molar refractivity (Wildman–Crippen MR) is 120 cm³/mol. The van der Waals surface area contributed by atoms with E-state index in [-0.39, 0.29) is 40.6 Å². The van der Waals surface area contributed by atoms with Crippen LogP contribution in [0.2, 0.25) is 0 Å². The SMILES string of the molecule is C=CC(=O)N1CCC[C@@H](N/C(N)=C(/C=O)C(=N)c2ccc(Oc3ccc(F)cc3F)cc2)C1. The molecular weight excluding hydrogens is 430 g/mol. The van der Waals surface area contributed by atoms with E-state index in [0.717, 1.165) is 25.0 Å². The summed E-state index contributed by atoms with van der Waals surface area (Å²) < 4.78 is 32.2. The summed E-state index contributed by atoms with van der Waals surface area (Å²) in [5.74, 6) is -1.55. The Morgan fingerprint density at radius 2 is 1.97 bits per heavy atom. The molecule has 0 spiro atoms.